The van der Waals surface area contributed by atoms with Gasteiger partial charge in [0, 0.05) is 23.0 Å². The van der Waals surface area contributed by atoms with Crippen molar-refractivity contribution in [3.05, 3.63) is 58.4 Å². The van der Waals surface area contributed by atoms with Crippen LogP contribution in [0, 0.1) is 11.7 Å². The van der Waals surface area contributed by atoms with Gasteiger partial charge in [0.15, 0.2) is 11.5 Å². The van der Waals surface area contributed by atoms with Gasteiger partial charge in [0.25, 0.3) is 0 Å². The molecule has 160 valence electrons. The van der Waals surface area contributed by atoms with Crippen molar-refractivity contribution in [3.63, 3.8) is 0 Å². The van der Waals surface area contributed by atoms with Crippen molar-refractivity contribution in [1.29, 1.82) is 0 Å². The molecular weight excluding hydrogens is 407 g/mol. The average Bonchev–Trinajstić information content (AvgIpc) is 2.75. The SMILES string of the molecule is C[C@@H](NC(=O)C1CCN(Cc2ccc(Cl)cc2F)CC1)c1ccc2c(c1)OCCO2. The molecule has 0 unspecified atom stereocenters. The summed E-state index contributed by atoms with van der Waals surface area (Å²) in [5, 5.41) is 3.53. The Kier molecular flexibility index (Phi) is 6.44. The number of halogens is 2. The predicted molar refractivity (Wildman–Crippen MR) is 113 cm³/mol. The Morgan fingerprint density at radius 1 is 1.17 bits per heavy atom. The molecule has 0 spiro atoms. The van der Waals surface area contributed by atoms with Crippen molar-refractivity contribution < 1.29 is 18.7 Å². The average molecular weight is 433 g/mol. The second-order valence-electron chi connectivity index (χ2n) is 7.92. The number of nitrogens with zero attached hydrogens (tertiary/aromatic N) is 1. The van der Waals surface area contributed by atoms with E-state index in [1.54, 1.807) is 12.1 Å². The highest BCUT2D eigenvalue weighted by molar-refractivity contribution is 6.30. The lowest BCUT2D eigenvalue weighted by molar-refractivity contribution is -0.127. The number of carbonyl (C=O) groups is 1. The van der Waals surface area contributed by atoms with Gasteiger partial charge < -0.3 is 14.8 Å². The number of rotatable bonds is 5. The van der Waals surface area contributed by atoms with Gasteiger partial charge in [-0.3, -0.25) is 9.69 Å². The Morgan fingerprint density at radius 3 is 2.63 bits per heavy atom. The zero-order chi connectivity index (χ0) is 21.1. The number of amides is 1. The highest BCUT2D eigenvalue weighted by atomic mass is 35.5. The molecular formula is C23H26ClFN2O3. The van der Waals surface area contributed by atoms with Gasteiger partial charge in [0.2, 0.25) is 5.91 Å². The standard InChI is InChI=1S/C23H26ClFN2O3/c1-15(17-3-5-21-22(12-17)30-11-10-29-21)26-23(28)16-6-8-27(9-7-16)14-18-2-4-19(24)13-20(18)25/h2-5,12-13,15-16H,6-11,14H2,1H3,(H,26,28)/t15-/m1/s1. The maximum Gasteiger partial charge on any atom is 0.223 e. The van der Waals surface area contributed by atoms with E-state index in [4.69, 9.17) is 21.1 Å². The van der Waals surface area contributed by atoms with Crippen LogP contribution in [0.25, 0.3) is 0 Å². The van der Waals surface area contributed by atoms with Crippen molar-refractivity contribution >= 4 is 17.5 Å². The second kappa shape index (κ2) is 9.23. The van der Waals surface area contributed by atoms with E-state index < -0.39 is 0 Å². The highest BCUT2D eigenvalue weighted by Gasteiger charge is 2.26. The molecule has 5 nitrogen and oxygen atoms in total. The first-order chi connectivity index (χ1) is 14.5. The normalized spacial score (nSPS) is 18.1. The first-order valence-electron chi connectivity index (χ1n) is 10.4. The van der Waals surface area contributed by atoms with E-state index in [1.165, 1.54) is 6.07 Å². The lowest BCUT2D eigenvalue weighted by Gasteiger charge is -2.32. The summed E-state index contributed by atoms with van der Waals surface area (Å²) < 4.78 is 25.2. The van der Waals surface area contributed by atoms with Gasteiger partial charge >= 0.3 is 0 Å². The van der Waals surface area contributed by atoms with E-state index in [0.29, 0.717) is 30.3 Å². The van der Waals surface area contributed by atoms with E-state index in [0.717, 1.165) is 43.0 Å². The number of hydrogen-bond acceptors (Lipinski definition) is 4. The van der Waals surface area contributed by atoms with Crippen molar-refractivity contribution in [2.45, 2.75) is 32.4 Å². The minimum absolute atomic E-state index is 0.0315. The van der Waals surface area contributed by atoms with Crippen molar-refractivity contribution in [2.75, 3.05) is 26.3 Å². The summed E-state index contributed by atoms with van der Waals surface area (Å²) in [5.41, 5.74) is 1.62. The Labute approximate surface area is 181 Å². The zero-order valence-electron chi connectivity index (χ0n) is 17.0. The molecule has 7 heteroatoms. The molecule has 4 rings (SSSR count). The summed E-state index contributed by atoms with van der Waals surface area (Å²) in [5.74, 6) is 1.22. The van der Waals surface area contributed by atoms with E-state index in [1.807, 2.05) is 25.1 Å². The number of hydrogen-bond donors (Lipinski definition) is 1. The fraction of sp³-hybridized carbons (Fsp3) is 0.435. The first-order valence-corrected chi connectivity index (χ1v) is 10.7. The Hall–Kier alpha value is -2.31. The molecule has 0 radical (unpaired) electrons. The second-order valence-corrected chi connectivity index (χ2v) is 8.36. The van der Waals surface area contributed by atoms with Crippen LogP contribution in [0.2, 0.25) is 5.02 Å². The molecule has 0 saturated carbocycles. The van der Waals surface area contributed by atoms with Crippen molar-refractivity contribution in [3.8, 4) is 11.5 Å². The third-order valence-corrected chi connectivity index (χ3v) is 6.03. The summed E-state index contributed by atoms with van der Waals surface area (Å²) in [4.78, 5) is 14.9. The van der Waals surface area contributed by atoms with E-state index in [-0.39, 0.29) is 23.7 Å². The molecule has 2 heterocycles. The van der Waals surface area contributed by atoms with Crippen LogP contribution in [0.1, 0.15) is 36.9 Å². The van der Waals surface area contributed by atoms with Crippen LogP contribution >= 0.6 is 11.6 Å². The molecule has 0 bridgehead atoms. The van der Waals surface area contributed by atoms with Crippen LogP contribution in [0.4, 0.5) is 4.39 Å². The molecule has 30 heavy (non-hydrogen) atoms. The minimum Gasteiger partial charge on any atom is -0.486 e. The molecule has 0 aliphatic carbocycles. The Bertz CT molecular complexity index is 915. The number of ether oxygens (including phenoxy) is 2. The number of likely N-dealkylation sites (tertiary alicyclic amines) is 1. The largest absolute Gasteiger partial charge is 0.486 e. The van der Waals surface area contributed by atoms with Gasteiger partial charge in [-0.25, -0.2) is 4.39 Å². The summed E-state index contributed by atoms with van der Waals surface area (Å²) in [6, 6.07) is 10.4. The van der Waals surface area contributed by atoms with Crippen molar-refractivity contribution in [1.82, 2.24) is 10.2 Å². The van der Waals surface area contributed by atoms with Crippen LogP contribution in [0.5, 0.6) is 11.5 Å². The molecule has 1 atom stereocenters. The van der Waals surface area contributed by atoms with Gasteiger partial charge in [0.05, 0.1) is 6.04 Å². The Balaban J connectivity index is 1.29. The molecule has 1 N–H and O–H groups in total. The molecule has 1 fully saturated rings. The van der Waals surface area contributed by atoms with Crippen LogP contribution in [0.15, 0.2) is 36.4 Å². The quantitative estimate of drug-likeness (QED) is 0.763. The van der Waals surface area contributed by atoms with Gasteiger partial charge in [-0.1, -0.05) is 23.7 Å². The molecule has 2 aliphatic heterocycles. The maximum atomic E-state index is 14.0. The zero-order valence-corrected chi connectivity index (χ0v) is 17.8. The molecule has 1 amide bonds. The topological polar surface area (TPSA) is 50.8 Å². The number of nitrogens with one attached hydrogen (secondary N) is 1. The fourth-order valence-electron chi connectivity index (χ4n) is 3.99. The minimum atomic E-state index is -0.282. The Morgan fingerprint density at radius 2 is 1.90 bits per heavy atom. The summed E-state index contributed by atoms with van der Waals surface area (Å²) in [6.07, 6.45) is 1.52. The number of benzene rings is 2. The molecule has 2 aromatic carbocycles. The smallest absolute Gasteiger partial charge is 0.223 e. The number of carbonyl (C=O) groups excluding carboxylic acids is 1. The fourth-order valence-corrected chi connectivity index (χ4v) is 4.15. The van der Waals surface area contributed by atoms with Gasteiger partial charge in [-0.2, -0.15) is 0 Å². The van der Waals surface area contributed by atoms with Crippen LogP contribution < -0.4 is 14.8 Å². The van der Waals surface area contributed by atoms with Crippen LogP contribution in [-0.4, -0.2) is 37.1 Å². The maximum absolute atomic E-state index is 14.0. The molecule has 2 aliphatic rings. The highest BCUT2D eigenvalue weighted by Crippen LogP contribution is 2.33. The van der Waals surface area contributed by atoms with Crippen LogP contribution in [-0.2, 0) is 11.3 Å². The molecule has 1 saturated heterocycles. The summed E-state index contributed by atoms with van der Waals surface area (Å²) >= 11 is 5.82. The lowest BCUT2D eigenvalue weighted by atomic mass is 9.94. The van der Waals surface area contributed by atoms with Gasteiger partial charge in [0.1, 0.15) is 19.0 Å². The van der Waals surface area contributed by atoms with Crippen molar-refractivity contribution in [2.24, 2.45) is 5.92 Å². The van der Waals surface area contributed by atoms with Gasteiger partial charge in [-0.05, 0) is 62.7 Å². The first kappa shape index (κ1) is 20.9. The summed E-state index contributed by atoms with van der Waals surface area (Å²) in [7, 11) is 0. The van der Waals surface area contributed by atoms with E-state index in [9.17, 15) is 9.18 Å². The summed E-state index contributed by atoms with van der Waals surface area (Å²) in [6.45, 7) is 5.13. The number of piperidine rings is 1. The van der Waals surface area contributed by atoms with Crippen LogP contribution in [0.3, 0.4) is 0 Å². The lowest BCUT2D eigenvalue weighted by Crippen LogP contribution is -2.41. The predicted octanol–water partition coefficient (Wildman–Crippen LogP) is 4.34. The van der Waals surface area contributed by atoms with E-state index in [2.05, 4.69) is 10.2 Å². The monoisotopic (exact) mass is 432 g/mol. The third-order valence-electron chi connectivity index (χ3n) is 5.79. The van der Waals surface area contributed by atoms with E-state index >= 15 is 0 Å². The van der Waals surface area contributed by atoms with Gasteiger partial charge in [-0.15, -0.1) is 0 Å². The number of fused-ring (bicyclic) bond motifs is 1. The third kappa shape index (κ3) is 4.87. The molecule has 0 aromatic heterocycles. The molecule has 2 aromatic rings.